The first-order valence-corrected chi connectivity index (χ1v) is 8.78. The second kappa shape index (κ2) is 8.19. The van der Waals surface area contributed by atoms with Crippen molar-refractivity contribution in [3.05, 3.63) is 11.3 Å². The maximum atomic E-state index is 9.54. The highest BCUT2D eigenvalue weighted by atomic mass is 15.3. The number of aromatic nitrogens is 2. The Morgan fingerprint density at radius 1 is 1.14 bits per heavy atom. The van der Waals surface area contributed by atoms with Gasteiger partial charge in [-0.15, -0.1) is 0 Å². The van der Waals surface area contributed by atoms with Gasteiger partial charge in [0.15, 0.2) is 5.82 Å². The number of aromatic amines is 1. The van der Waals surface area contributed by atoms with E-state index in [0.29, 0.717) is 12.0 Å². The fourth-order valence-electron chi connectivity index (χ4n) is 3.49. The highest BCUT2D eigenvalue weighted by Gasteiger charge is 2.27. The van der Waals surface area contributed by atoms with E-state index >= 15 is 0 Å². The minimum absolute atomic E-state index is 0.335. The first-order valence-electron chi connectivity index (χ1n) is 8.78. The molecule has 1 saturated heterocycles. The summed E-state index contributed by atoms with van der Waals surface area (Å²) >= 11 is 0. The Bertz CT molecular complexity index is 488. The fraction of sp³-hybridized carbons (Fsp3) is 0.765. The molecule has 1 aliphatic heterocycles. The zero-order valence-corrected chi connectivity index (χ0v) is 13.9. The Kier molecular flexibility index (Phi) is 6.26. The van der Waals surface area contributed by atoms with E-state index in [0.717, 1.165) is 55.8 Å². The molecule has 5 nitrogen and oxygen atoms in total. The van der Waals surface area contributed by atoms with E-state index in [2.05, 4.69) is 21.2 Å². The van der Waals surface area contributed by atoms with Crippen LogP contribution in [0.3, 0.4) is 0 Å². The van der Waals surface area contributed by atoms with Gasteiger partial charge in [0, 0.05) is 25.0 Å². The molecule has 22 heavy (non-hydrogen) atoms. The number of hydrogen-bond acceptors (Lipinski definition) is 4. The van der Waals surface area contributed by atoms with Gasteiger partial charge in [0.2, 0.25) is 0 Å². The fourth-order valence-corrected chi connectivity index (χ4v) is 3.49. The second-order valence-corrected chi connectivity index (χ2v) is 6.11. The van der Waals surface area contributed by atoms with Crippen LogP contribution in [0.4, 0.5) is 5.82 Å². The number of rotatable bonds is 2. The minimum Gasteiger partial charge on any atom is -0.354 e. The standard InChI is InChI=1S/C15H23N5.C2H6/c16-10-13-14(11-4-6-12(17)7-5-11)18-19-15(13)20-8-2-1-3-9-20;1-2/h11-12H,1-9,17H2,(H,18,19);1-2H3. The normalized spacial score (nSPS) is 25.1. The summed E-state index contributed by atoms with van der Waals surface area (Å²) in [6.07, 6.45) is 7.92. The van der Waals surface area contributed by atoms with Gasteiger partial charge in [-0.25, -0.2) is 0 Å². The molecule has 0 spiro atoms. The molecule has 1 aromatic rings. The van der Waals surface area contributed by atoms with Gasteiger partial charge < -0.3 is 10.6 Å². The Morgan fingerprint density at radius 2 is 1.77 bits per heavy atom. The minimum atomic E-state index is 0.335. The molecular formula is C17H29N5. The van der Waals surface area contributed by atoms with Gasteiger partial charge in [0.25, 0.3) is 0 Å². The van der Waals surface area contributed by atoms with Crippen LogP contribution in [0.25, 0.3) is 0 Å². The van der Waals surface area contributed by atoms with E-state index in [9.17, 15) is 5.26 Å². The third kappa shape index (κ3) is 3.61. The molecule has 5 heteroatoms. The van der Waals surface area contributed by atoms with Crippen molar-refractivity contribution < 1.29 is 0 Å². The summed E-state index contributed by atoms with van der Waals surface area (Å²) in [5, 5.41) is 17.1. The van der Waals surface area contributed by atoms with Crippen LogP contribution in [0.1, 0.15) is 76.0 Å². The zero-order valence-electron chi connectivity index (χ0n) is 13.9. The molecule has 0 radical (unpaired) electrons. The smallest absolute Gasteiger partial charge is 0.168 e. The summed E-state index contributed by atoms with van der Waals surface area (Å²) < 4.78 is 0. The lowest BCUT2D eigenvalue weighted by Gasteiger charge is -2.27. The van der Waals surface area contributed by atoms with E-state index in [1.807, 2.05) is 13.8 Å². The van der Waals surface area contributed by atoms with E-state index in [1.165, 1.54) is 19.3 Å². The Labute approximate surface area is 133 Å². The van der Waals surface area contributed by atoms with Crippen molar-refractivity contribution >= 4 is 5.82 Å². The molecule has 2 fully saturated rings. The Balaban J connectivity index is 0.000000847. The predicted octanol–water partition coefficient (Wildman–Crippen LogP) is 3.28. The number of piperidine rings is 1. The maximum absolute atomic E-state index is 9.54. The second-order valence-electron chi connectivity index (χ2n) is 6.11. The lowest BCUT2D eigenvalue weighted by molar-refractivity contribution is 0.390. The van der Waals surface area contributed by atoms with Crippen LogP contribution in [-0.2, 0) is 0 Å². The van der Waals surface area contributed by atoms with Crippen LogP contribution in [0.2, 0.25) is 0 Å². The van der Waals surface area contributed by atoms with Gasteiger partial charge in [-0.3, -0.25) is 5.10 Å². The van der Waals surface area contributed by atoms with Crippen molar-refractivity contribution in [2.24, 2.45) is 5.73 Å². The topological polar surface area (TPSA) is 81.7 Å². The Morgan fingerprint density at radius 3 is 2.36 bits per heavy atom. The summed E-state index contributed by atoms with van der Waals surface area (Å²) in [5.74, 6) is 1.30. The van der Waals surface area contributed by atoms with E-state index in [4.69, 9.17) is 5.73 Å². The SMILES string of the molecule is CC.N#Cc1c(N2CCCCC2)n[nH]c1C1CCC(N)CC1. The third-order valence-electron chi connectivity index (χ3n) is 4.72. The van der Waals surface area contributed by atoms with Crippen molar-refractivity contribution in [2.75, 3.05) is 18.0 Å². The molecule has 3 rings (SSSR count). The number of hydrogen-bond donors (Lipinski definition) is 2. The highest BCUT2D eigenvalue weighted by Crippen LogP contribution is 2.35. The van der Waals surface area contributed by atoms with Crippen molar-refractivity contribution in [3.63, 3.8) is 0 Å². The van der Waals surface area contributed by atoms with E-state index < -0.39 is 0 Å². The lowest BCUT2D eigenvalue weighted by Crippen LogP contribution is -2.30. The van der Waals surface area contributed by atoms with Gasteiger partial charge >= 0.3 is 0 Å². The van der Waals surface area contributed by atoms with Crippen LogP contribution in [-0.4, -0.2) is 29.3 Å². The quantitative estimate of drug-likeness (QED) is 0.878. The maximum Gasteiger partial charge on any atom is 0.168 e. The van der Waals surface area contributed by atoms with Crippen LogP contribution < -0.4 is 10.6 Å². The van der Waals surface area contributed by atoms with Crippen molar-refractivity contribution in [3.8, 4) is 6.07 Å². The molecule has 1 saturated carbocycles. The number of nitrogens with two attached hydrogens (primary N) is 1. The molecule has 2 aliphatic rings. The predicted molar refractivity (Wildman–Crippen MR) is 89.9 cm³/mol. The number of nitrogens with zero attached hydrogens (tertiary/aromatic N) is 3. The molecule has 0 bridgehead atoms. The average Bonchev–Trinajstić information content (AvgIpc) is 3.02. The molecule has 0 unspecified atom stereocenters. The summed E-state index contributed by atoms with van der Waals surface area (Å²) in [5.41, 5.74) is 7.78. The van der Waals surface area contributed by atoms with Gasteiger partial charge in [0.05, 0.1) is 5.69 Å². The summed E-state index contributed by atoms with van der Waals surface area (Å²) in [6.45, 7) is 6.04. The molecule has 1 aliphatic carbocycles. The molecule has 0 amide bonds. The van der Waals surface area contributed by atoms with E-state index in [1.54, 1.807) is 0 Å². The molecule has 0 aromatic carbocycles. The summed E-state index contributed by atoms with van der Waals surface area (Å²) in [7, 11) is 0. The average molecular weight is 303 g/mol. The molecule has 122 valence electrons. The monoisotopic (exact) mass is 303 g/mol. The van der Waals surface area contributed by atoms with Gasteiger partial charge in [-0.2, -0.15) is 10.4 Å². The number of nitriles is 1. The number of H-pyrrole nitrogens is 1. The molecule has 2 heterocycles. The summed E-state index contributed by atoms with van der Waals surface area (Å²) in [4.78, 5) is 2.26. The van der Waals surface area contributed by atoms with Crippen molar-refractivity contribution in [1.29, 1.82) is 5.26 Å². The molecule has 1 aromatic heterocycles. The largest absolute Gasteiger partial charge is 0.354 e. The first-order chi connectivity index (χ1) is 10.8. The van der Waals surface area contributed by atoms with E-state index in [-0.39, 0.29) is 0 Å². The van der Waals surface area contributed by atoms with Gasteiger partial charge in [0.1, 0.15) is 11.6 Å². The van der Waals surface area contributed by atoms with Crippen LogP contribution >= 0.6 is 0 Å². The van der Waals surface area contributed by atoms with Crippen LogP contribution in [0.5, 0.6) is 0 Å². The van der Waals surface area contributed by atoms with Crippen molar-refractivity contribution in [1.82, 2.24) is 10.2 Å². The molecular weight excluding hydrogens is 274 g/mol. The number of anilines is 1. The zero-order chi connectivity index (χ0) is 15.9. The van der Waals surface area contributed by atoms with Crippen molar-refractivity contribution in [2.45, 2.75) is 70.8 Å². The lowest BCUT2D eigenvalue weighted by atomic mass is 9.83. The first kappa shape index (κ1) is 16.8. The molecule has 0 atom stereocenters. The highest BCUT2D eigenvalue weighted by molar-refractivity contribution is 5.57. The number of nitrogens with one attached hydrogen (secondary N) is 1. The van der Waals surface area contributed by atoms with Crippen LogP contribution in [0, 0.1) is 11.3 Å². The third-order valence-corrected chi connectivity index (χ3v) is 4.72. The summed E-state index contributed by atoms with van der Waals surface area (Å²) in [6, 6.07) is 2.72. The Hall–Kier alpha value is -1.54. The van der Waals surface area contributed by atoms with Gasteiger partial charge in [-0.1, -0.05) is 13.8 Å². The van der Waals surface area contributed by atoms with Gasteiger partial charge in [-0.05, 0) is 44.9 Å². The van der Waals surface area contributed by atoms with Crippen LogP contribution in [0.15, 0.2) is 0 Å². The molecule has 3 N–H and O–H groups in total.